The highest BCUT2D eigenvalue weighted by Gasteiger charge is 2.20. The first kappa shape index (κ1) is 12.0. The first-order valence-electron chi connectivity index (χ1n) is 5.42. The van der Waals surface area contributed by atoms with E-state index in [0.29, 0.717) is 17.5 Å². The Balaban J connectivity index is 1.75. The zero-order valence-corrected chi connectivity index (χ0v) is 9.96. The smallest absolute Gasteiger partial charge is 0.324 e. The van der Waals surface area contributed by atoms with Gasteiger partial charge in [-0.05, 0) is 18.9 Å². The van der Waals surface area contributed by atoms with Crippen molar-refractivity contribution in [3.63, 3.8) is 0 Å². The van der Waals surface area contributed by atoms with Gasteiger partial charge >= 0.3 is 5.00 Å². The minimum atomic E-state index is -0.490. The molecule has 1 aliphatic rings. The Hall–Kier alpha value is -1.47. The lowest BCUT2D eigenvalue weighted by Gasteiger charge is -2.03. The van der Waals surface area contributed by atoms with Crippen molar-refractivity contribution >= 4 is 22.2 Å². The molecule has 2 N–H and O–H groups in total. The number of amides is 1. The predicted octanol–water partition coefficient (Wildman–Crippen LogP) is 1.14. The van der Waals surface area contributed by atoms with Crippen molar-refractivity contribution in [2.24, 2.45) is 0 Å². The molecule has 0 atom stereocenters. The number of hydrogen-bond acceptors (Lipinski definition) is 5. The van der Waals surface area contributed by atoms with E-state index in [1.54, 1.807) is 0 Å². The van der Waals surface area contributed by atoms with E-state index in [1.807, 2.05) is 0 Å². The molecule has 0 saturated heterocycles. The van der Waals surface area contributed by atoms with Gasteiger partial charge in [-0.1, -0.05) is 11.3 Å². The molecular formula is C10H13N3O3S. The van der Waals surface area contributed by atoms with Crippen LogP contribution in [-0.4, -0.2) is 30.0 Å². The summed E-state index contributed by atoms with van der Waals surface area (Å²) in [6.45, 7) is 1.28. The van der Waals surface area contributed by atoms with E-state index in [-0.39, 0.29) is 10.9 Å². The molecule has 0 radical (unpaired) electrons. The van der Waals surface area contributed by atoms with E-state index >= 15 is 0 Å². The van der Waals surface area contributed by atoms with E-state index in [1.165, 1.54) is 25.0 Å². The molecular weight excluding hydrogens is 242 g/mol. The summed E-state index contributed by atoms with van der Waals surface area (Å²) in [7, 11) is 0. The quantitative estimate of drug-likeness (QED) is 0.453. The molecule has 1 aromatic rings. The minimum Gasteiger partial charge on any atom is -0.350 e. The van der Waals surface area contributed by atoms with Crippen molar-refractivity contribution in [3.8, 4) is 0 Å². The third kappa shape index (κ3) is 3.50. The fourth-order valence-corrected chi connectivity index (χ4v) is 2.11. The summed E-state index contributed by atoms with van der Waals surface area (Å²) in [5.41, 5.74) is 0. The van der Waals surface area contributed by atoms with Gasteiger partial charge in [-0.2, -0.15) is 0 Å². The van der Waals surface area contributed by atoms with Crippen molar-refractivity contribution in [1.82, 2.24) is 10.6 Å². The maximum atomic E-state index is 11.6. The van der Waals surface area contributed by atoms with Crippen LogP contribution >= 0.6 is 11.3 Å². The molecule has 1 aromatic heterocycles. The molecule has 1 saturated carbocycles. The maximum Gasteiger partial charge on any atom is 0.324 e. The SMILES string of the molecule is O=C(NCCNC1CC1)c1ccc([N+](=O)[O-])s1. The van der Waals surface area contributed by atoms with Crippen LogP contribution in [0.2, 0.25) is 0 Å². The van der Waals surface area contributed by atoms with Gasteiger partial charge in [0.15, 0.2) is 0 Å². The van der Waals surface area contributed by atoms with Gasteiger partial charge in [0.05, 0.1) is 9.80 Å². The van der Waals surface area contributed by atoms with Crippen LogP contribution in [0.3, 0.4) is 0 Å². The number of carbonyl (C=O) groups excluding carboxylic acids is 1. The Morgan fingerprint density at radius 3 is 2.82 bits per heavy atom. The fraction of sp³-hybridized carbons (Fsp3) is 0.500. The van der Waals surface area contributed by atoms with Crippen molar-refractivity contribution in [2.75, 3.05) is 13.1 Å². The first-order valence-corrected chi connectivity index (χ1v) is 6.24. The summed E-state index contributed by atoms with van der Waals surface area (Å²) in [5, 5.41) is 16.4. The van der Waals surface area contributed by atoms with E-state index in [0.717, 1.165) is 17.9 Å². The zero-order valence-electron chi connectivity index (χ0n) is 9.14. The molecule has 1 amide bonds. The number of hydrogen-bond donors (Lipinski definition) is 2. The van der Waals surface area contributed by atoms with Crippen molar-refractivity contribution in [1.29, 1.82) is 0 Å². The fourth-order valence-electron chi connectivity index (χ4n) is 1.37. The Kier molecular flexibility index (Phi) is 3.70. The van der Waals surface area contributed by atoms with E-state index in [9.17, 15) is 14.9 Å². The number of rotatable bonds is 6. The molecule has 0 bridgehead atoms. The van der Waals surface area contributed by atoms with Gasteiger partial charge in [-0.25, -0.2) is 0 Å². The summed E-state index contributed by atoms with van der Waals surface area (Å²) in [6.07, 6.45) is 2.43. The van der Waals surface area contributed by atoms with Crippen molar-refractivity contribution in [2.45, 2.75) is 18.9 Å². The third-order valence-electron chi connectivity index (χ3n) is 2.42. The second-order valence-electron chi connectivity index (χ2n) is 3.88. The predicted molar refractivity (Wildman–Crippen MR) is 64.3 cm³/mol. The highest BCUT2D eigenvalue weighted by molar-refractivity contribution is 7.17. The maximum absolute atomic E-state index is 11.6. The zero-order chi connectivity index (χ0) is 12.3. The molecule has 0 spiro atoms. The summed E-state index contributed by atoms with van der Waals surface area (Å²) in [6, 6.07) is 3.45. The van der Waals surface area contributed by atoms with Gasteiger partial charge in [0.2, 0.25) is 0 Å². The van der Waals surface area contributed by atoms with Crippen LogP contribution in [0.1, 0.15) is 22.5 Å². The van der Waals surface area contributed by atoms with Gasteiger partial charge in [-0.15, -0.1) is 0 Å². The highest BCUT2D eigenvalue weighted by atomic mass is 32.1. The topological polar surface area (TPSA) is 84.3 Å². The molecule has 2 rings (SSSR count). The van der Waals surface area contributed by atoms with E-state index in [2.05, 4.69) is 10.6 Å². The summed E-state index contributed by atoms with van der Waals surface area (Å²) in [4.78, 5) is 21.9. The van der Waals surface area contributed by atoms with Gasteiger partial charge in [0.1, 0.15) is 0 Å². The standard InChI is InChI=1S/C10H13N3O3S/c14-10(12-6-5-11-7-1-2-7)8-3-4-9(17-8)13(15)16/h3-4,7,11H,1-2,5-6H2,(H,12,14). The summed E-state index contributed by atoms with van der Waals surface area (Å²) >= 11 is 0.894. The lowest BCUT2D eigenvalue weighted by molar-refractivity contribution is -0.380. The number of thiophene rings is 1. The monoisotopic (exact) mass is 255 g/mol. The van der Waals surface area contributed by atoms with E-state index < -0.39 is 4.92 Å². The number of nitro groups is 1. The van der Waals surface area contributed by atoms with Gasteiger partial charge in [0.25, 0.3) is 5.91 Å². The molecule has 0 unspecified atom stereocenters. The first-order chi connectivity index (χ1) is 8.16. The van der Waals surface area contributed by atoms with Crippen LogP contribution in [0.5, 0.6) is 0 Å². The Morgan fingerprint density at radius 2 is 2.24 bits per heavy atom. The molecule has 1 fully saturated rings. The minimum absolute atomic E-state index is 0.00810. The van der Waals surface area contributed by atoms with Crippen LogP contribution in [0.15, 0.2) is 12.1 Å². The number of nitrogens with one attached hydrogen (secondary N) is 2. The molecule has 1 aliphatic carbocycles. The highest BCUT2D eigenvalue weighted by Crippen LogP contribution is 2.23. The van der Waals surface area contributed by atoms with Gasteiger partial charge in [-0.3, -0.25) is 14.9 Å². The lowest BCUT2D eigenvalue weighted by Crippen LogP contribution is -2.32. The van der Waals surface area contributed by atoms with Crippen LogP contribution < -0.4 is 10.6 Å². The normalized spacial score (nSPS) is 14.6. The molecule has 92 valence electrons. The number of carbonyl (C=O) groups is 1. The molecule has 6 nitrogen and oxygen atoms in total. The lowest BCUT2D eigenvalue weighted by atomic mass is 10.4. The molecule has 0 aliphatic heterocycles. The molecule has 17 heavy (non-hydrogen) atoms. The molecule has 7 heteroatoms. The van der Waals surface area contributed by atoms with Crippen molar-refractivity contribution in [3.05, 3.63) is 27.1 Å². The van der Waals surface area contributed by atoms with Crippen LogP contribution in [-0.2, 0) is 0 Å². The van der Waals surface area contributed by atoms with Crippen LogP contribution in [0, 0.1) is 10.1 Å². The van der Waals surface area contributed by atoms with Gasteiger partial charge in [0, 0.05) is 25.2 Å². The summed E-state index contributed by atoms with van der Waals surface area (Å²) < 4.78 is 0. The Morgan fingerprint density at radius 1 is 1.47 bits per heavy atom. The second-order valence-corrected chi connectivity index (χ2v) is 4.94. The third-order valence-corrected chi connectivity index (χ3v) is 3.45. The van der Waals surface area contributed by atoms with Crippen molar-refractivity contribution < 1.29 is 9.72 Å². The molecule has 1 heterocycles. The van der Waals surface area contributed by atoms with Crippen LogP contribution in [0.25, 0.3) is 0 Å². The summed E-state index contributed by atoms with van der Waals surface area (Å²) in [5.74, 6) is -0.249. The average Bonchev–Trinajstić information content (AvgIpc) is 2.97. The second kappa shape index (κ2) is 5.24. The van der Waals surface area contributed by atoms with Gasteiger partial charge < -0.3 is 10.6 Å². The number of nitrogens with zero attached hydrogens (tertiary/aromatic N) is 1. The van der Waals surface area contributed by atoms with E-state index in [4.69, 9.17) is 0 Å². The Labute approximate surface area is 102 Å². The van der Waals surface area contributed by atoms with Crippen LogP contribution in [0.4, 0.5) is 5.00 Å². The Bertz CT molecular complexity index is 428. The molecule has 0 aromatic carbocycles. The largest absolute Gasteiger partial charge is 0.350 e. The average molecular weight is 255 g/mol.